The fraction of sp³-hybridized carbons (Fsp3) is 0.174. The third kappa shape index (κ3) is 4.84. The van der Waals surface area contributed by atoms with Crippen LogP contribution in [0.2, 0.25) is 0 Å². The van der Waals surface area contributed by atoms with Gasteiger partial charge in [-0.2, -0.15) is 0 Å². The maximum absolute atomic E-state index is 5.23. The van der Waals surface area contributed by atoms with Gasteiger partial charge in [0.25, 0.3) is 0 Å². The summed E-state index contributed by atoms with van der Waals surface area (Å²) in [7, 11) is 1.69. The zero-order valence-corrected chi connectivity index (χ0v) is 17.0. The molecule has 0 saturated heterocycles. The van der Waals surface area contributed by atoms with Gasteiger partial charge in [0.05, 0.1) is 13.7 Å². The lowest BCUT2D eigenvalue weighted by Crippen LogP contribution is -2.04. The van der Waals surface area contributed by atoms with Crippen molar-refractivity contribution in [2.75, 3.05) is 12.9 Å². The monoisotopic (exact) mass is 402 g/mol. The number of thioether (sulfide) groups is 1. The summed E-state index contributed by atoms with van der Waals surface area (Å²) in [5.74, 6) is 2.67. The lowest BCUT2D eigenvalue weighted by atomic mass is 10.2. The van der Waals surface area contributed by atoms with Crippen LogP contribution in [-0.2, 0) is 13.0 Å². The Bertz CT molecular complexity index is 1030. The van der Waals surface area contributed by atoms with Gasteiger partial charge in [-0.25, -0.2) is 0 Å². The Hall–Kier alpha value is -3.12. The molecule has 0 aliphatic rings. The Morgan fingerprint density at radius 3 is 2.34 bits per heavy atom. The van der Waals surface area contributed by atoms with Gasteiger partial charge in [-0.15, -0.1) is 10.2 Å². The highest BCUT2D eigenvalue weighted by molar-refractivity contribution is 7.99. The van der Waals surface area contributed by atoms with Crippen LogP contribution < -0.4 is 4.74 Å². The van der Waals surface area contributed by atoms with Crippen LogP contribution in [0.25, 0.3) is 11.4 Å². The van der Waals surface area contributed by atoms with E-state index in [9.17, 15) is 0 Å². The molecule has 0 spiro atoms. The van der Waals surface area contributed by atoms with Crippen molar-refractivity contribution in [3.05, 3.63) is 90.3 Å². The molecule has 5 nitrogen and oxygen atoms in total. The second kappa shape index (κ2) is 9.39. The summed E-state index contributed by atoms with van der Waals surface area (Å²) in [6, 6.07) is 22.6. The van der Waals surface area contributed by atoms with Crippen molar-refractivity contribution >= 4 is 11.8 Å². The number of aromatic nitrogens is 4. The van der Waals surface area contributed by atoms with Crippen LogP contribution in [0, 0.1) is 0 Å². The zero-order chi connectivity index (χ0) is 19.9. The van der Waals surface area contributed by atoms with Gasteiger partial charge >= 0.3 is 0 Å². The Morgan fingerprint density at radius 2 is 1.62 bits per heavy atom. The average molecular weight is 403 g/mol. The molecule has 29 heavy (non-hydrogen) atoms. The van der Waals surface area contributed by atoms with E-state index in [4.69, 9.17) is 4.74 Å². The van der Waals surface area contributed by atoms with Gasteiger partial charge in [-0.05, 0) is 41.8 Å². The third-order valence-electron chi connectivity index (χ3n) is 4.62. The van der Waals surface area contributed by atoms with Gasteiger partial charge in [-0.1, -0.05) is 54.2 Å². The number of nitrogens with zero attached hydrogens (tertiary/aromatic N) is 4. The largest absolute Gasteiger partial charge is 0.497 e. The number of aryl methyl sites for hydroxylation is 1. The molecule has 0 aliphatic heterocycles. The molecule has 0 atom stereocenters. The van der Waals surface area contributed by atoms with Crippen molar-refractivity contribution in [1.82, 2.24) is 19.7 Å². The maximum Gasteiger partial charge on any atom is 0.191 e. The second-order valence-electron chi connectivity index (χ2n) is 6.56. The molecule has 0 fully saturated rings. The first-order chi connectivity index (χ1) is 14.3. The normalized spacial score (nSPS) is 10.8. The number of hydrogen-bond donors (Lipinski definition) is 0. The summed E-state index contributed by atoms with van der Waals surface area (Å²) >= 11 is 1.73. The minimum atomic E-state index is 0.733. The molecule has 0 saturated carbocycles. The van der Waals surface area contributed by atoms with Crippen molar-refractivity contribution in [3.8, 4) is 17.1 Å². The van der Waals surface area contributed by atoms with Gasteiger partial charge in [0.1, 0.15) is 5.75 Å². The van der Waals surface area contributed by atoms with E-state index in [2.05, 4.69) is 56.1 Å². The first kappa shape index (κ1) is 19.2. The molecule has 146 valence electrons. The first-order valence-corrected chi connectivity index (χ1v) is 10.5. The summed E-state index contributed by atoms with van der Waals surface area (Å²) < 4.78 is 7.41. The van der Waals surface area contributed by atoms with Crippen molar-refractivity contribution < 1.29 is 4.74 Å². The number of methoxy groups -OCH3 is 1. The smallest absolute Gasteiger partial charge is 0.191 e. The van der Waals surface area contributed by atoms with Crippen molar-refractivity contribution in [1.29, 1.82) is 0 Å². The standard InChI is InChI=1S/C23H22N4OS/c1-28-21-9-7-18(8-10-21)13-16-29-23-26-25-22(20-11-14-24-15-12-20)27(23)17-19-5-3-2-4-6-19/h2-12,14-15H,13,16-17H2,1H3. The quantitative estimate of drug-likeness (QED) is 0.399. The number of pyridine rings is 1. The lowest BCUT2D eigenvalue weighted by molar-refractivity contribution is 0.414. The van der Waals surface area contributed by atoms with Crippen LogP contribution in [0.4, 0.5) is 0 Å². The minimum absolute atomic E-state index is 0.733. The summed E-state index contributed by atoms with van der Waals surface area (Å²) in [6.07, 6.45) is 4.53. The van der Waals surface area contributed by atoms with Crippen LogP contribution in [0.1, 0.15) is 11.1 Å². The summed E-state index contributed by atoms with van der Waals surface area (Å²) in [4.78, 5) is 4.12. The van der Waals surface area contributed by atoms with Crippen LogP contribution in [0.5, 0.6) is 5.75 Å². The van der Waals surface area contributed by atoms with E-state index < -0.39 is 0 Å². The summed E-state index contributed by atoms with van der Waals surface area (Å²) in [6.45, 7) is 0.733. The summed E-state index contributed by atoms with van der Waals surface area (Å²) in [5, 5.41) is 9.89. The fourth-order valence-electron chi connectivity index (χ4n) is 3.07. The molecule has 0 unspecified atom stereocenters. The lowest BCUT2D eigenvalue weighted by Gasteiger charge is -2.10. The number of hydrogen-bond acceptors (Lipinski definition) is 5. The summed E-state index contributed by atoms with van der Waals surface area (Å²) in [5.41, 5.74) is 3.52. The molecule has 0 amide bonds. The predicted octanol–water partition coefficient (Wildman–Crippen LogP) is 4.73. The molecule has 6 heteroatoms. The van der Waals surface area contributed by atoms with Gasteiger partial charge in [-0.3, -0.25) is 9.55 Å². The molecule has 0 N–H and O–H groups in total. The number of benzene rings is 2. The topological polar surface area (TPSA) is 52.8 Å². The Morgan fingerprint density at radius 1 is 0.862 bits per heavy atom. The van der Waals surface area contributed by atoms with E-state index in [0.717, 1.165) is 41.0 Å². The van der Waals surface area contributed by atoms with Crippen molar-refractivity contribution in [2.45, 2.75) is 18.1 Å². The molecular formula is C23H22N4OS. The Balaban J connectivity index is 1.53. The van der Waals surface area contributed by atoms with Crippen LogP contribution >= 0.6 is 11.8 Å². The van der Waals surface area contributed by atoms with E-state index in [-0.39, 0.29) is 0 Å². The molecule has 0 radical (unpaired) electrons. The van der Waals surface area contributed by atoms with Crippen LogP contribution in [0.15, 0.2) is 84.3 Å². The van der Waals surface area contributed by atoms with Gasteiger partial charge < -0.3 is 4.74 Å². The zero-order valence-electron chi connectivity index (χ0n) is 16.2. The fourth-order valence-corrected chi connectivity index (χ4v) is 4.00. The third-order valence-corrected chi connectivity index (χ3v) is 5.59. The molecule has 4 aromatic rings. The highest BCUT2D eigenvalue weighted by Crippen LogP contribution is 2.25. The Labute approximate surface area is 174 Å². The molecular weight excluding hydrogens is 380 g/mol. The van der Waals surface area contributed by atoms with Crippen LogP contribution in [-0.4, -0.2) is 32.6 Å². The highest BCUT2D eigenvalue weighted by Gasteiger charge is 2.14. The molecule has 0 bridgehead atoms. The van der Waals surface area contributed by atoms with Crippen molar-refractivity contribution in [3.63, 3.8) is 0 Å². The van der Waals surface area contributed by atoms with E-state index >= 15 is 0 Å². The molecule has 2 heterocycles. The minimum Gasteiger partial charge on any atom is -0.497 e. The van der Waals surface area contributed by atoms with Crippen LogP contribution in [0.3, 0.4) is 0 Å². The van der Waals surface area contributed by atoms with E-state index in [1.165, 1.54) is 11.1 Å². The van der Waals surface area contributed by atoms with Crippen molar-refractivity contribution in [2.24, 2.45) is 0 Å². The Kier molecular flexibility index (Phi) is 6.22. The molecule has 2 aromatic heterocycles. The number of ether oxygens (including phenoxy) is 1. The van der Waals surface area contributed by atoms with E-state index in [0.29, 0.717) is 0 Å². The molecule has 2 aromatic carbocycles. The van der Waals surface area contributed by atoms with Gasteiger partial charge in [0.15, 0.2) is 11.0 Å². The highest BCUT2D eigenvalue weighted by atomic mass is 32.2. The maximum atomic E-state index is 5.23. The van der Waals surface area contributed by atoms with Gasteiger partial charge in [0.2, 0.25) is 0 Å². The molecule has 4 rings (SSSR count). The number of rotatable bonds is 8. The second-order valence-corrected chi connectivity index (χ2v) is 7.62. The average Bonchev–Trinajstić information content (AvgIpc) is 3.18. The first-order valence-electron chi connectivity index (χ1n) is 9.47. The predicted molar refractivity (Wildman–Crippen MR) is 116 cm³/mol. The SMILES string of the molecule is COc1ccc(CCSc2nnc(-c3ccncc3)n2Cc2ccccc2)cc1. The van der Waals surface area contributed by atoms with E-state index in [1.54, 1.807) is 31.3 Å². The van der Waals surface area contributed by atoms with Gasteiger partial charge in [0, 0.05) is 23.7 Å². The molecule has 0 aliphatic carbocycles. The van der Waals surface area contributed by atoms with E-state index in [1.807, 2.05) is 30.3 Å².